The highest BCUT2D eigenvalue weighted by Crippen LogP contribution is 2.61. The summed E-state index contributed by atoms with van der Waals surface area (Å²) in [5.74, 6) is -0.856. The molecule has 1 aromatic rings. The van der Waals surface area contributed by atoms with Gasteiger partial charge in [-0.05, 0) is 24.5 Å². The summed E-state index contributed by atoms with van der Waals surface area (Å²) in [7, 11) is 0. The number of Topliss-reactive ketones (excluding diaryl/α,β-unsaturated/α-hetero) is 1. The molecule has 2 atom stereocenters. The molecule has 4 heteroatoms. The second-order valence-electron chi connectivity index (χ2n) is 6.06. The molecule has 0 N–H and O–H groups in total. The van der Waals surface area contributed by atoms with Crippen molar-refractivity contribution in [2.45, 2.75) is 26.7 Å². The molecule has 3 rings (SSSR count). The smallest absolute Gasteiger partial charge is 0.248 e. The maximum absolute atomic E-state index is 12.6. The monoisotopic (exact) mass is 271 g/mol. The Kier molecular flexibility index (Phi) is 2.78. The lowest BCUT2D eigenvalue weighted by atomic mass is 9.92. The van der Waals surface area contributed by atoms with Gasteiger partial charge in [-0.3, -0.25) is 14.4 Å². The number of piperidine rings is 1. The van der Waals surface area contributed by atoms with Crippen molar-refractivity contribution >= 4 is 23.3 Å². The Labute approximate surface area is 117 Å². The molecule has 0 spiro atoms. The third kappa shape index (κ3) is 1.64. The van der Waals surface area contributed by atoms with Gasteiger partial charge in [-0.1, -0.05) is 32.0 Å². The lowest BCUT2D eigenvalue weighted by molar-refractivity contribution is -0.133. The summed E-state index contributed by atoms with van der Waals surface area (Å²) >= 11 is 0. The standard InChI is InChI=1S/C16H17NO3/c1-10(2)8-13(18)16-9-12(16)14(19)17(15(16)20)11-6-4-3-5-7-11/h3-7,10,12H,8-9H2,1-2H3/t12-,16-/m1/s1. The molecule has 0 bridgehead atoms. The number of anilines is 1. The molecule has 1 aliphatic heterocycles. The molecule has 1 saturated carbocycles. The fourth-order valence-electron chi connectivity index (χ4n) is 3.05. The van der Waals surface area contributed by atoms with Crippen LogP contribution in [0.1, 0.15) is 26.7 Å². The van der Waals surface area contributed by atoms with Crippen molar-refractivity contribution in [3.63, 3.8) is 0 Å². The SMILES string of the molecule is CC(C)CC(=O)[C@@]12C[C@@H]1C(=O)N(c1ccccc1)C2=O. The number of carbonyl (C=O) groups is 3. The van der Waals surface area contributed by atoms with E-state index in [1.807, 2.05) is 19.9 Å². The highest BCUT2D eigenvalue weighted by atomic mass is 16.2. The van der Waals surface area contributed by atoms with E-state index in [-0.39, 0.29) is 23.5 Å². The first-order valence-electron chi connectivity index (χ1n) is 6.95. The molecule has 104 valence electrons. The fraction of sp³-hybridized carbons (Fsp3) is 0.438. The van der Waals surface area contributed by atoms with Gasteiger partial charge in [-0.15, -0.1) is 0 Å². The molecule has 20 heavy (non-hydrogen) atoms. The molecule has 2 amide bonds. The number of benzene rings is 1. The maximum atomic E-state index is 12.6. The van der Waals surface area contributed by atoms with E-state index >= 15 is 0 Å². The number of carbonyl (C=O) groups excluding carboxylic acids is 3. The molecule has 1 saturated heterocycles. The molecular weight excluding hydrogens is 254 g/mol. The predicted octanol–water partition coefficient (Wildman–Crippen LogP) is 2.18. The summed E-state index contributed by atoms with van der Waals surface area (Å²) in [6, 6.07) is 8.84. The molecule has 1 aliphatic carbocycles. The van der Waals surface area contributed by atoms with Crippen molar-refractivity contribution in [2.24, 2.45) is 17.3 Å². The number of nitrogens with zero attached hydrogens (tertiary/aromatic N) is 1. The van der Waals surface area contributed by atoms with Crippen LogP contribution in [0, 0.1) is 17.3 Å². The van der Waals surface area contributed by atoms with Crippen molar-refractivity contribution in [1.29, 1.82) is 0 Å². The van der Waals surface area contributed by atoms with Gasteiger partial charge in [0.2, 0.25) is 11.8 Å². The lowest BCUT2D eigenvalue weighted by Gasteiger charge is -2.19. The van der Waals surface area contributed by atoms with E-state index < -0.39 is 11.3 Å². The largest absolute Gasteiger partial charge is 0.298 e. The van der Waals surface area contributed by atoms with Gasteiger partial charge >= 0.3 is 0 Å². The molecule has 2 fully saturated rings. The normalized spacial score (nSPS) is 27.9. The molecule has 0 aromatic heterocycles. The van der Waals surface area contributed by atoms with E-state index in [9.17, 15) is 14.4 Å². The first-order chi connectivity index (χ1) is 9.48. The first kappa shape index (κ1) is 13.0. The average Bonchev–Trinajstić information content (AvgIpc) is 3.11. The van der Waals surface area contributed by atoms with Crippen LogP contribution in [0.25, 0.3) is 0 Å². The second kappa shape index (κ2) is 4.27. The number of imide groups is 1. The quantitative estimate of drug-likeness (QED) is 0.623. The van der Waals surface area contributed by atoms with Crippen molar-refractivity contribution < 1.29 is 14.4 Å². The highest BCUT2D eigenvalue weighted by Gasteiger charge is 2.75. The van der Waals surface area contributed by atoms with E-state index in [0.717, 1.165) is 0 Å². The Balaban J connectivity index is 1.91. The zero-order chi connectivity index (χ0) is 14.5. The average molecular weight is 271 g/mol. The third-order valence-electron chi connectivity index (χ3n) is 4.17. The van der Waals surface area contributed by atoms with Gasteiger partial charge in [0.25, 0.3) is 0 Å². The van der Waals surface area contributed by atoms with Crippen LogP contribution in [0.3, 0.4) is 0 Å². The number of hydrogen-bond donors (Lipinski definition) is 0. The predicted molar refractivity (Wildman–Crippen MR) is 73.9 cm³/mol. The van der Waals surface area contributed by atoms with Gasteiger partial charge in [-0.2, -0.15) is 0 Å². The Morgan fingerprint density at radius 2 is 1.95 bits per heavy atom. The van der Waals surface area contributed by atoms with E-state index in [0.29, 0.717) is 18.5 Å². The van der Waals surface area contributed by atoms with E-state index in [1.54, 1.807) is 24.3 Å². The maximum Gasteiger partial charge on any atom is 0.248 e. The highest BCUT2D eigenvalue weighted by molar-refractivity contribution is 6.33. The van der Waals surface area contributed by atoms with Crippen LogP contribution in [0.15, 0.2) is 30.3 Å². The molecule has 1 heterocycles. The number of ketones is 1. The number of hydrogen-bond acceptors (Lipinski definition) is 3. The number of rotatable bonds is 4. The van der Waals surface area contributed by atoms with Gasteiger partial charge < -0.3 is 0 Å². The minimum Gasteiger partial charge on any atom is -0.298 e. The van der Waals surface area contributed by atoms with Gasteiger partial charge in [0.05, 0.1) is 11.6 Å². The Morgan fingerprint density at radius 1 is 1.30 bits per heavy atom. The summed E-state index contributed by atoms with van der Waals surface area (Å²) < 4.78 is 0. The topological polar surface area (TPSA) is 54.5 Å². The summed E-state index contributed by atoms with van der Waals surface area (Å²) in [6.07, 6.45) is 0.762. The molecule has 1 aromatic carbocycles. The van der Waals surface area contributed by atoms with Crippen molar-refractivity contribution in [3.05, 3.63) is 30.3 Å². The second-order valence-corrected chi connectivity index (χ2v) is 6.06. The summed E-state index contributed by atoms with van der Waals surface area (Å²) in [6.45, 7) is 3.89. The third-order valence-corrected chi connectivity index (χ3v) is 4.17. The van der Waals surface area contributed by atoms with Crippen LogP contribution in [0.4, 0.5) is 5.69 Å². The Morgan fingerprint density at radius 3 is 2.55 bits per heavy atom. The van der Waals surface area contributed by atoms with E-state index in [4.69, 9.17) is 0 Å². The fourth-order valence-corrected chi connectivity index (χ4v) is 3.05. The number of amides is 2. The summed E-state index contributed by atoms with van der Waals surface area (Å²) in [4.78, 5) is 38.4. The van der Waals surface area contributed by atoms with E-state index in [2.05, 4.69) is 0 Å². The van der Waals surface area contributed by atoms with Gasteiger partial charge in [0.15, 0.2) is 0 Å². The minimum atomic E-state index is -1.04. The van der Waals surface area contributed by atoms with Crippen LogP contribution in [-0.4, -0.2) is 17.6 Å². The van der Waals surface area contributed by atoms with Crippen LogP contribution in [-0.2, 0) is 14.4 Å². The van der Waals surface area contributed by atoms with Crippen molar-refractivity contribution in [3.8, 4) is 0 Å². The first-order valence-corrected chi connectivity index (χ1v) is 6.95. The van der Waals surface area contributed by atoms with Crippen LogP contribution in [0.5, 0.6) is 0 Å². The van der Waals surface area contributed by atoms with E-state index in [1.165, 1.54) is 4.90 Å². The summed E-state index contributed by atoms with van der Waals surface area (Å²) in [5, 5.41) is 0. The Bertz CT molecular complexity index is 593. The molecule has 4 nitrogen and oxygen atoms in total. The van der Waals surface area contributed by atoms with Crippen LogP contribution >= 0.6 is 0 Å². The van der Waals surface area contributed by atoms with Crippen molar-refractivity contribution in [2.75, 3.05) is 4.90 Å². The van der Waals surface area contributed by atoms with Crippen molar-refractivity contribution in [1.82, 2.24) is 0 Å². The lowest BCUT2D eigenvalue weighted by Crippen LogP contribution is -2.37. The molecular formula is C16H17NO3. The molecule has 2 aliphatic rings. The number of fused-ring (bicyclic) bond motifs is 1. The van der Waals surface area contributed by atoms with Crippen LogP contribution < -0.4 is 4.90 Å². The van der Waals surface area contributed by atoms with Crippen LogP contribution in [0.2, 0.25) is 0 Å². The zero-order valence-corrected chi connectivity index (χ0v) is 11.6. The number of para-hydroxylation sites is 1. The van der Waals surface area contributed by atoms with Gasteiger partial charge in [-0.25, -0.2) is 4.90 Å². The summed E-state index contributed by atoms with van der Waals surface area (Å²) in [5.41, 5.74) is -0.483. The molecule has 0 unspecified atom stereocenters. The molecule has 0 radical (unpaired) electrons. The van der Waals surface area contributed by atoms with Gasteiger partial charge in [0, 0.05) is 6.42 Å². The van der Waals surface area contributed by atoms with Gasteiger partial charge in [0.1, 0.15) is 11.2 Å². The zero-order valence-electron chi connectivity index (χ0n) is 11.6. The Hall–Kier alpha value is -1.97. The minimum absolute atomic E-state index is 0.0747.